The summed E-state index contributed by atoms with van der Waals surface area (Å²) in [5.74, 6) is 1.71. The summed E-state index contributed by atoms with van der Waals surface area (Å²) in [5, 5.41) is 3.06. The lowest BCUT2D eigenvalue weighted by molar-refractivity contribution is -0.107. The average Bonchev–Trinajstić information content (AvgIpc) is 2.98. The van der Waals surface area contributed by atoms with Crippen molar-refractivity contribution in [2.24, 2.45) is 5.73 Å². The number of aldehydes is 1. The Balaban J connectivity index is 0.000000282. The molecule has 6 nitrogen and oxygen atoms in total. The van der Waals surface area contributed by atoms with Crippen LogP contribution in [0.15, 0.2) is 115 Å². The number of carbonyl (C=O) groups is 2. The third-order valence-corrected chi connectivity index (χ3v) is 5.35. The van der Waals surface area contributed by atoms with Gasteiger partial charge in [-0.3, -0.25) is 9.59 Å². The highest BCUT2D eigenvalue weighted by atomic mass is 16.5. The zero-order valence-corrected chi connectivity index (χ0v) is 22.5. The predicted molar refractivity (Wildman–Crippen MR) is 159 cm³/mol. The zero-order valence-electron chi connectivity index (χ0n) is 22.5. The van der Waals surface area contributed by atoms with Crippen LogP contribution >= 0.6 is 0 Å². The quantitative estimate of drug-likeness (QED) is 0.137. The van der Waals surface area contributed by atoms with Gasteiger partial charge in [-0.25, -0.2) is 0 Å². The molecule has 1 amide bonds. The van der Waals surface area contributed by atoms with Gasteiger partial charge in [0.05, 0.1) is 13.2 Å². The lowest BCUT2D eigenvalue weighted by atomic mass is 10.1. The van der Waals surface area contributed by atoms with Crippen LogP contribution in [0.1, 0.15) is 23.6 Å². The molecule has 0 atom stereocenters. The molecule has 0 saturated heterocycles. The van der Waals surface area contributed by atoms with Gasteiger partial charge < -0.3 is 20.5 Å². The van der Waals surface area contributed by atoms with Crippen LogP contribution in [0.3, 0.4) is 0 Å². The largest absolute Gasteiger partial charge is 0.457 e. The maximum atomic E-state index is 10.4. The number of carbonyl (C=O) groups excluding carboxylic acids is 2. The first-order valence-electron chi connectivity index (χ1n) is 12.6. The van der Waals surface area contributed by atoms with Crippen LogP contribution in [-0.4, -0.2) is 26.4 Å². The fraction of sp³-hybridized carbons (Fsp3) is 0.152. The van der Waals surface area contributed by atoms with E-state index in [4.69, 9.17) is 14.3 Å². The van der Waals surface area contributed by atoms with Crippen LogP contribution in [-0.2, 0) is 27.4 Å². The first-order valence-corrected chi connectivity index (χ1v) is 12.6. The minimum absolute atomic E-state index is 0.250. The Morgan fingerprint density at radius 1 is 0.769 bits per heavy atom. The van der Waals surface area contributed by atoms with Crippen LogP contribution in [0, 0.1) is 0 Å². The van der Waals surface area contributed by atoms with Crippen LogP contribution in [0.4, 0.5) is 5.69 Å². The minimum atomic E-state index is 0.250. The molecule has 39 heavy (non-hydrogen) atoms. The van der Waals surface area contributed by atoms with E-state index in [1.165, 1.54) is 11.1 Å². The molecule has 4 aromatic carbocycles. The van der Waals surface area contributed by atoms with E-state index < -0.39 is 0 Å². The number of nitrogens with one attached hydrogen (secondary N) is 1. The minimum Gasteiger partial charge on any atom is -0.457 e. The summed E-state index contributed by atoms with van der Waals surface area (Å²) in [6.45, 7) is 3.17. The number of benzene rings is 4. The topological polar surface area (TPSA) is 90.7 Å². The van der Waals surface area contributed by atoms with E-state index >= 15 is 0 Å². The second-order valence-electron chi connectivity index (χ2n) is 8.33. The number of amides is 1. The van der Waals surface area contributed by atoms with Crippen molar-refractivity contribution in [1.29, 1.82) is 0 Å². The summed E-state index contributed by atoms with van der Waals surface area (Å²) in [6.07, 6.45) is 3.86. The second kappa shape index (κ2) is 18.5. The first-order chi connectivity index (χ1) is 19.1. The van der Waals surface area contributed by atoms with Gasteiger partial charge in [0.15, 0.2) is 0 Å². The number of rotatable bonds is 10. The number of hydrogen-bond acceptors (Lipinski definition) is 5. The Kier molecular flexibility index (Phi) is 14.5. The first kappa shape index (κ1) is 30.5. The molecule has 0 spiro atoms. The molecule has 0 aliphatic heterocycles. The van der Waals surface area contributed by atoms with E-state index in [1.54, 1.807) is 6.92 Å². The molecule has 202 valence electrons. The third-order valence-electron chi connectivity index (χ3n) is 5.35. The highest BCUT2D eigenvalue weighted by Crippen LogP contribution is 2.21. The molecule has 3 N–H and O–H groups in total. The molecule has 0 unspecified atom stereocenters. The smallest absolute Gasteiger partial charge is 0.204 e. The van der Waals surface area contributed by atoms with Crippen LogP contribution in [0.25, 0.3) is 6.08 Å². The summed E-state index contributed by atoms with van der Waals surface area (Å²) < 4.78 is 11.5. The standard InChI is InChI=1S/C21H20O2.C11H13NO.CH3NO/c1-3-7-19(8-4-1)17-22-16-15-18-11-13-21(14-12-18)23-20-9-5-2-6-10-20;1-9(8-13)7-10-5-3-4-6-11(10)12-2;2-1-3/h1-14H,15-17H2;3-8,12H,1-2H3;1H,(H2,2,3)/b;9-7+;. The number of allylic oxidation sites excluding steroid dienone is 1. The van der Waals surface area contributed by atoms with Crippen molar-refractivity contribution in [1.82, 2.24) is 0 Å². The van der Waals surface area contributed by atoms with Crippen molar-refractivity contribution in [2.75, 3.05) is 19.0 Å². The zero-order chi connectivity index (χ0) is 28.1. The highest BCUT2D eigenvalue weighted by Gasteiger charge is 1.99. The number of primary amides is 1. The Morgan fingerprint density at radius 3 is 1.95 bits per heavy atom. The maximum absolute atomic E-state index is 10.4. The van der Waals surface area contributed by atoms with Crippen molar-refractivity contribution in [2.45, 2.75) is 20.0 Å². The van der Waals surface area contributed by atoms with Gasteiger partial charge in [-0.05, 0) is 72.0 Å². The fourth-order valence-corrected chi connectivity index (χ4v) is 3.43. The summed E-state index contributed by atoms with van der Waals surface area (Å²) in [5.41, 5.74) is 9.42. The Morgan fingerprint density at radius 2 is 1.33 bits per heavy atom. The second-order valence-corrected chi connectivity index (χ2v) is 8.33. The molecule has 0 fully saturated rings. The number of para-hydroxylation sites is 2. The lowest BCUT2D eigenvalue weighted by Gasteiger charge is -2.07. The van der Waals surface area contributed by atoms with E-state index in [-0.39, 0.29) is 6.41 Å². The number of anilines is 1. The van der Waals surface area contributed by atoms with Gasteiger partial charge >= 0.3 is 0 Å². The maximum Gasteiger partial charge on any atom is 0.204 e. The Bertz CT molecular complexity index is 1260. The average molecular weight is 525 g/mol. The molecule has 0 bridgehead atoms. The molecule has 0 aromatic heterocycles. The van der Waals surface area contributed by atoms with Gasteiger partial charge in [0.25, 0.3) is 0 Å². The number of hydrogen-bond donors (Lipinski definition) is 2. The summed E-state index contributed by atoms with van der Waals surface area (Å²) in [4.78, 5) is 19.0. The molecule has 0 heterocycles. The fourth-order valence-electron chi connectivity index (χ4n) is 3.43. The molecule has 6 heteroatoms. The van der Waals surface area contributed by atoms with E-state index in [9.17, 15) is 4.79 Å². The number of ether oxygens (including phenoxy) is 2. The van der Waals surface area contributed by atoms with Crippen molar-refractivity contribution < 1.29 is 19.1 Å². The van der Waals surface area contributed by atoms with Crippen molar-refractivity contribution in [3.05, 3.63) is 131 Å². The Labute approximate surface area is 231 Å². The predicted octanol–water partition coefficient (Wildman–Crippen LogP) is 6.67. The summed E-state index contributed by atoms with van der Waals surface area (Å²) in [7, 11) is 1.86. The molecule has 0 aliphatic carbocycles. The van der Waals surface area contributed by atoms with Crippen LogP contribution < -0.4 is 15.8 Å². The van der Waals surface area contributed by atoms with Gasteiger partial charge in [-0.1, -0.05) is 78.9 Å². The molecule has 0 saturated carbocycles. The molecule has 0 radical (unpaired) electrons. The molecule has 4 aromatic rings. The molecular weight excluding hydrogens is 488 g/mol. The molecule has 0 aliphatic rings. The van der Waals surface area contributed by atoms with E-state index in [1.807, 2.05) is 98.1 Å². The van der Waals surface area contributed by atoms with Crippen LogP contribution in [0.5, 0.6) is 11.5 Å². The van der Waals surface area contributed by atoms with Crippen molar-refractivity contribution in [3.8, 4) is 11.5 Å². The van der Waals surface area contributed by atoms with Gasteiger partial charge in [0.2, 0.25) is 6.41 Å². The van der Waals surface area contributed by atoms with Gasteiger partial charge in [0.1, 0.15) is 17.8 Å². The van der Waals surface area contributed by atoms with Gasteiger partial charge in [-0.15, -0.1) is 0 Å². The van der Waals surface area contributed by atoms with E-state index in [2.05, 4.69) is 35.3 Å². The summed E-state index contributed by atoms with van der Waals surface area (Å²) >= 11 is 0. The molecular formula is C33H36N2O4. The van der Waals surface area contributed by atoms with E-state index in [0.717, 1.165) is 41.0 Å². The highest BCUT2D eigenvalue weighted by molar-refractivity contribution is 5.83. The summed E-state index contributed by atoms with van der Waals surface area (Å²) in [6, 6.07) is 36.1. The van der Waals surface area contributed by atoms with E-state index in [0.29, 0.717) is 13.2 Å². The third kappa shape index (κ3) is 12.4. The number of nitrogens with two attached hydrogens (primary N) is 1. The molecule has 4 rings (SSSR count). The lowest BCUT2D eigenvalue weighted by Crippen LogP contribution is -1.99. The SMILES string of the molecule is CNc1ccccc1/C=C(\C)C=O.NC=O.c1ccc(COCCc2ccc(Oc3ccccc3)cc2)cc1. The van der Waals surface area contributed by atoms with Gasteiger partial charge in [-0.2, -0.15) is 0 Å². The Hall–Kier alpha value is -4.68. The normalized spacial score (nSPS) is 10.2. The van der Waals surface area contributed by atoms with Crippen LogP contribution in [0.2, 0.25) is 0 Å². The van der Waals surface area contributed by atoms with Crippen molar-refractivity contribution in [3.63, 3.8) is 0 Å². The monoisotopic (exact) mass is 524 g/mol. The van der Waals surface area contributed by atoms with Crippen molar-refractivity contribution >= 4 is 24.5 Å². The van der Waals surface area contributed by atoms with Gasteiger partial charge in [0, 0.05) is 12.7 Å².